The van der Waals surface area contributed by atoms with Gasteiger partial charge >= 0.3 is 0 Å². The van der Waals surface area contributed by atoms with Crippen LogP contribution in [0.3, 0.4) is 0 Å². The quantitative estimate of drug-likeness (QED) is 0.555. The molecule has 0 bridgehead atoms. The molecule has 0 fully saturated rings. The highest BCUT2D eigenvalue weighted by molar-refractivity contribution is 6.01. The molecule has 0 aliphatic carbocycles. The van der Waals surface area contributed by atoms with Gasteiger partial charge in [-0.2, -0.15) is 0 Å². The number of oxime groups is 1. The van der Waals surface area contributed by atoms with Crippen LogP contribution >= 0.6 is 0 Å². The first-order valence-electron chi connectivity index (χ1n) is 11.3. The average molecular weight is 459 g/mol. The highest BCUT2D eigenvalue weighted by atomic mass is 19.1. The Morgan fingerprint density at radius 3 is 2.70 bits per heavy atom. The van der Waals surface area contributed by atoms with Crippen LogP contribution in [0.5, 0.6) is 11.5 Å². The summed E-state index contributed by atoms with van der Waals surface area (Å²) in [5.41, 5.74) is 2.75. The number of aliphatic hydroxyl groups is 1. The lowest BCUT2D eigenvalue weighted by Crippen LogP contribution is -2.39. The van der Waals surface area contributed by atoms with Crippen molar-refractivity contribution in [3.05, 3.63) is 59.4 Å². The Morgan fingerprint density at radius 2 is 1.91 bits per heavy atom. The van der Waals surface area contributed by atoms with E-state index in [1.807, 2.05) is 18.2 Å². The number of halogens is 1. The Kier molecular flexibility index (Phi) is 7.80. The number of hydrogen-bond acceptors (Lipinski definition) is 7. The molecule has 0 spiro atoms. The SMILES string of the molecule is CC(C)COC[C@H](O)CN(Cc1ccc(F)cc1)C[C@@H]1CC(c2ccc3c(c2)OCO3)=NO1. The third-order valence-corrected chi connectivity index (χ3v) is 5.45. The topological polar surface area (TPSA) is 72.8 Å². The molecular formula is C25H31FN2O5. The molecule has 0 saturated heterocycles. The van der Waals surface area contributed by atoms with Crippen molar-refractivity contribution in [2.24, 2.45) is 11.1 Å². The number of ether oxygens (including phenoxy) is 3. The molecule has 2 aliphatic heterocycles. The molecule has 1 N–H and O–H groups in total. The maximum atomic E-state index is 13.3. The molecule has 2 aliphatic rings. The van der Waals surface area contributed by atoms with Gasteiger partial charge in [0.05, 0.1) is 18.4 Å². The third-order valence-electron chi connectivity index (χ3n) is 5.45. The molecule has 2 atom stereocenters. The summed E-state index contributed by atoms with van der Waals surface area (Å²) >= 11 is 0. The molecule has 4 rings (SSSR count). The Labute approximate surface area is 193 Å². The summed E-state index contributed by atoms with van der Waals surface area (Å²) < 4.78 is 29.8. The van der Waals surface area contributed by atoms with Crippen LogP contribution in [0.25, 0.3) is 0 Å². The minimum Gasteiger partial charge on any atom is -0.454 e. The number of rotatable bonds is 11. The number of aliphatic hydroxyl groups excluding tert-OH is 1. The van der Waals surface area contributed by atoms with Crippen molar-refractivity contribution in [3.8, 4) is 11.5 Å². The number of fused-ring (bicyclic) bond motifs is 1. The first-order valence-corrected chi connectivity index (χ1v) is 11.3. The first kappa shape index (κ1) is 23.5. The molecule has 2 heterocycles. The number of nitrogens with zero attached hydrogens (tertiary/aromatic N) is 2. The molecule has 33 heavy (non-hydrogen) atoms. The minimum absolute atomic E-state index is 0.158. The fraction of sp³-hybridized carbons (Fsp3) is 0.480. The van der Waals surface area contributed by atoms with Gasteiger partial charge in [-0.15, -0.1) is 0 Å². The van der Waals surface area contributed by atoms with Gasteiger partial charge in [0, 0.05) is 38.2 Å². The fourth-order valence-electron chi connectivity index (χ4n) is 3.90. The maximum Gasteiger partial charge on any atom is 0.231 e. The molecule has 7 nitrogen and oxygen atoms in total. The van der Waals surface area contributed by atoms with Gasteiger partial charge in [0.2, 0.25) is 6.79 Å². The summed E-state index contributed by atoms with van der Waals surface area (Å²) in [6, 6.07) is 12.2. The van der Waals surface area contributed by atoms with Crippen molar-refractivity contribution in [1.82, 2.24) is 4.90 Å². The summed E-state index contributed by atoms with van der Waals surface area (Å²) in [5, 5.41) is 14.8. The predicted octanol–water partition coefficient (Wildman–Crippen LogP) is 3.58. The summed E-state index contributed by atoms with van der Waals surface area (Å²) in [5.74, 6) is 1.58. The molecule has 2 aromatic carbocycles. The van der Waals surface area contributed by atoms with Crippen LogP contribution in [0.4, 0.5) is 4.39 Å². The highest BCUT2D eigenvalue weighted by Gasteiger charge is 2.27. The normalized spacial score (nSPS) is 18.0. The van der Waals surface area contributed by atoms with Crippen LogP contribution in [0.15, 0.2) is 47.6 Å². The van der Waals surface area contributed by atoms with E-state index < -0.39 is 6.10 Å². The Balaban J connectivity index is 1.36. The lowest BCUT2D eigenvalue weighted by atomic mass is 10.0. The van der Waals surface area contributed by atoms with Crippen LogP contribution < -0.4 is 9.47 Å². The summed E-state index contributed by atoms with van der Waals surface area (Å²) in [7, 11) is 0. The lowest BCUT2D eigenvalue weighted by Gasteiger charge is -2.27. The average Bonchev–Trinajstić information content (AvgIpc) is 3.44. The van der Waals surface area contributed by atoms with Crippen LogP contribution in [-0.4, -0.2) is 61.0 Å². The van der Waals surface area contributed by atoms with Gasteiger partial charge in [0.25, 0.3) is 0 Å². The second-order valence-corrected chi connectivity index (χ2v) is 8.94. The van der Waals surface area contributed by atoms with E-state index in [0.717, 1.165) is 22.6 Å². The largest absolute Gasteiger partial charge is 0.454 e. The molecule has 178 valence electrons. The monoisotopic (exact) mass is 458 g/mol. The van der Waals surface area contributed by atoms with Crippen molar-refractivity contribution in [1.29, 1.82) is 0 Å². The second kappa shape index (κ2) is 11.0. The van der Waals surface area contributed by atoms with Crippen molar-refractivity contribution in [3.63, 3.8) is 0 Å². The molecule has 0 unspecified atom stereocenters. The molecule has 0 amide bonds. The fourth-order valence-corrected chi connectivity index (χ4v) is 3.90. The Morgan fingerprint density at radius 1 is 1.12 bits per heavy atom. The van der Waals surface area contributed by atoms with E-state index in [4.69, 9.17) is 19.0 Å². The Hall–Kier alpha value is -2.68. The number of hydrogen-bond donors (Lipinski definition) is 1. The summed E-state index contributed by atoms with van der Waals surface area (Å²) in [4.78, 5) is 7.82. The van der Waals surface area contributed by atoms with E-state index in [9.17, 15) is 9.50 Å². The zero-order valence-electron chi connectivity index (χ0n) is 19.1. The molecule has 2 aromatic rings. The molecule has 0 radical (unpaired) electrons. The van der Waals surface area contributed by atoms with E-state index >= 15 is 0 Å². The van der Waals surface area contributed by atoms with Gasteiger partial charge in [-0.3, -0.25) is 4.90 Å². The Bertz CT molecular complexity index is 950. The predicted molar refractivity (Wildman–Crippen MR) is 122 cm³/mol. The van der Waals surface area contributed by atoms with Crippen LogP contribution in [0.1, 0.15) is 31.4 Å². The second-order valence-electron chi connectivity index (χ2n) is 8.94. The van der Waals surface area contributed by atoms with Crippen molar-refractivity contribution >= 4 is 5.71 Å². The molecular weight excluding hydrogens is 427 g/mol. The van der Waals surface area contributed by atoms with E-state index in [1.54, 1.807) is 12.1 Å². The van der Waals surface area contributed by atoms with Crippen LogP contribution in [0.2, 0.25) is 0 Å². The minimum atomic E-state index is -0.639. The van der Waals surface area contributed by atoms with E-state index in [0.29, 0.717) is 44.3 Å². The summed E-state index contributed by atoms with van der Waals surface area (Å²) in [6.07, 6.45) is -0.158. The molecule has 0 aromatic heterocycles. The first-order chi connectivity index (χ1) is 16.0. The van der Waals surface area contributed by atoms with Crippen molar-refractivity contribution in [2.45, 2.75) is 39.0 Å². The lowest BCUT2D eigenvalue weighted by molar-refractivity contribution is -0.00734. The van der Waals surface area contributed by atoms with Gasteiger partial charge in [0.15, 0.2) is 11.5 Å². The standard InChI is InChI=1S/C25H31FN2O5/c1-17(2)14-30-15-21(29)12-28(11-18-3-6-20(26)7-4-18)13-22-10-23(27-33-22)19-5-8-24-25(9-19)32-16-31-24/h3-9,17,21-22,29H,10-16H2,1-2H3/t21-,22+/m1/s1. The molecule has 8 heteroatoms. The van der Waals surface area contributed by atoms with Gasteiger partial charge < -0.3 is 24.2 Å². The zero-order chi connectivity index (χ0) is 23.2. The molecule has 0 saturated carbocycles. The van der Waals surface area contributed by atoms with E-state index in [2.05, 4.69) is 23.9 Å². The highest BCUT2D eigenvalue weighted by Crippen LogP contribution is 2.33. The van der Waals surface area contributed by atoms with Gasteiger partial charge in [0.1, 0.15) is 11.9 Å². The van der Waals surface area contributed by atoms with E-state index in [-0.39, 0.29) is 25.3 Å². The van der Waals surface area contributed by atoms with Crippen molar-refractivity contribution in [2.75, 3.05) is 33.1 Å². The third kappa shape index (κ3) is 6.66. The van der Waals surface area contributed by atoms with Crippen LogP contribution in [-0.2, 0) is 16.1 Å². The summed E-state index contributed by atoms with van der Waals surface area (Å²) in [6.45, 7) is 6.78. The van der Waals surface area contributed by atoms with E-state index in [1.165, 1.54) is 12.1 Å². The van der Waals surface area contributed by atoms with Gasteiger partial charge in [-0.1, -0.05) is 31.1 Å². The number of benzene rings is 2. The maximum absolute atomic E-state index is 13.3. The van der Waals surface area contributed by atoms with Gasteiger partial charge in [-0.05, 0) is 41.8 Å². The smallest absolute Gasteiger partial charge is 0.231 e. The van der Waals surface area contributed by atoms with Crippen molar-refractivity contribution < 1.29 is 28.5 Å². The van der Waals surface area contributed by atoms with Gasteiger partial charge in [-0.25, -0.2) is 4.39 Å². The zero-order valence-corrected chi connectivity index (χ0v) is 19.1. The van der Waals surface area contributed by atoms with Crippen LogP contribution in [0, 0.1) is 11.7 Å².